The average Bonchev–Trinajstić information content (AvgIpc) is 3.36. The van der Waals surface area contributed by atoms with Crippen molar-refractivity contribution in [1.29, 1.82) is 0 Å². The minimum absolute atomic E-state index is 0.226. The molecular weight excluding hydrogens is 362 g/mol. The molecule has 29 heavy (non-hydrogen) atoms. The number of carbonyl (C=O) groups excluding carboxylic acids is 1. The van der Waals surface area contributed by atoms with Crippen LogP contribution in [-0.2, 0) is 11.2 Å². The number of fused-ring (bicyclic) bond motifs is 2. The van der Waals surface area contributed by atoms with Crippen molar-refractivity contribution in [2.45, 2.75) is 39.0 Å². The number of ether oxygens (including phenoxy) is 1. The van der Waals surface area contributed by atoms with Gasteiger partial charge in [-0.1, -0.05) is 25.5 Å². The zero-order chi connectivity index (χ0) is 20.3. The highest BCUT2D eigenvalue weighted by Gasteiger charge is 2.55. The highest BCUT2D eigenvalue weighted by atomic mass is 16.5. The third-order valence-corrected chi connectivity index (χ3v) is 7.71. The Bertz CT molecular complexity index is 701. The third-order valence-electron chi connectivity index (χ3n) is 7.71. The van der Waals surface area contributed by atoms with Crippen LogP contribution in [0.5, 0.6) is 5.75 Å². The molecule has 0 spiro atoms. The van der Waals surface area contributed by atoms with E-state index in [1.54, 1.807) is 7.11 Å². The van der Waals surface area contributed by atoms with E-state index in [2.05, 4.69) is 34.2 Å². The minimum atomic E-state index is -0.226. The number of likely N-dealkylation sites (N-methyl/N-ethyl adjacent to an activating group) is 1. The summed E-state index contributed by atoms with van der Waals surface area (Å²) in [7, 11) is 1.71. The van der Waals surface area contributed by atoms with Gasteiger partial charge in [0.2, 0.25) is 5.91 Å². The van der Waals surface area contributed by atoms with Crippen molar-refractivity contribution < 1.29 is 9.53 Å². The van der Waals surface area contributed by atoms with Crippen molar-refractivity contribution in [3.63, 3.8) is 0 Å². The van der Waals surface area contributed by atoms with E-state index in [1.807, 2.05) is 12.1 Å². The molecule has 5 heteroatoms. The van der Waals surface area contributed by atoms with Gasteiger partial charge >= 0.3 is 0 Å². The van der Waals surface area contributed by atoms with E-state index in [0.717, 1.165) is 70.3 Å². The van der Waals surface area contributed by atoms with Crippen LogP contribution in [0.1, 0.15) is 38.2 Å². The number of benzene rings is 1. The summed E-state index contributed by atoms with van der Waals surface area (Å²) in [6.45, 7) is 9.62. The van der Waals surface area contributed by atoms with Gasteiger partial charge in [0.05, 0.1) is 12.5 Å². The molecule has 1 amide bonds. The molecule has 0 radical (unpaired) electrons. The topological polar surface area (TPSA) is 44.8 Å². The van der Waals surface area contributed by atoms with Gasteiger partial charge in [-0.2, -0.15) is 0 Å². The first kappa shape index (κ1) is 20.7. The second-order valence-electron chi connectivity index (χ2n) is 9.30. The molecule has 4 rings (SSSR count). The standard InChI is InChI=1S/C24H37N3O2/c1-3-26-11-13-27(14-12-26)10-9-25-23(28)24(18-20-7-8-21(24)15-20)17-19-5-4-6-22(16-19)29-2/h4-6,16,20-21H,3,7-15,17-18H2,1-2H3,(H,25,28). The van der Waals surface area contributed by atoms with Crippen LogP contribution in [-0.4, -0.2) is 68.6 Å². The maximum Gasteiger partial charge on any atom is 0.226 e. The Labute approximate surface area is 175 Å². The van der Waals surface area contributed by atoms with E-state index in [-0.39, 0.29) is 5.41 Å². The number of amides is 1. The summed E-state index contributed by atoms with van der Waals surface area (Å²) in [6, 6.07) is 8.28. The van der Waals surface area contributed by atoms with Crippen LogP contribution in [0, 0.1) is 17.3 Å². The first-order chi connectivity index (χ1) is 14.1. The lowest BCUT2D eigenvalue weighted by atomic mass is 9.68. The Morgan fingerprint density at radius 3 is 2.66 bits per heavy atom. The van der Waals surface area contributed by atoms with Crippen molar-refractivity contribution in [3.8, 4) is 5.75 Å². The number of hydrogen-bond acceptors (Lipinski definition) is 4. The van der Waals surface area contributed by atoms with Crippen LogP contribution >= 0.6 is 0 Å². The lowest BCUT2D eigenvalue weighted by Gasteiger charge is -2.37. The Balaban J connectivity index is 1.37. The predicted octanol–water partition coefficient (Wildman–Crippen LogP) is 2.80. The van der Waals surface area contributed by atoms with Crippen molar-refractivity contribution in [2.24, 2.45) is 17.3 Å². The van der Waals surface area contributed by atoms with E-state index < -0.39 is 0 Å². The minimum Gasteiger partial charge on any atom is -0.497 e. The summed E-state index contributed by atoms with van der Waals surface area (Å²) >= 11 is 0. The third kappa shape index (κ3) is 4.46. The van der Waals surface area contributed by atoms with Gasteiger partial charge in [-0.15, -0.1) is 0 Å². The Morgan fingerprint density at radius 2 is 2.00 bits per heavy atom. The zero-order valence-electron chi connectivity index (χ0n) is 18.2. The van der Waals surface area contributed by atoms with E-state index in [0.29, 0.717) is 11.8 Å². The molecule has 1 heterocycles. The summed E-state index contributed by atoms with van der Waals surface area (Å²) in [6.07, 6.45) is 5.64. The molecule has 0 aromatic heterocycles. The van der Waals surface area contributed by atoms with Gasteiger partial charge in [0.15, 0.2) is 0 Å². The molecule has 3 aliphatic rings. The van der Waals surface area contributed by atoms with Crippen LogP contribution in [0.4, 0.5) is 0 Å². The number of rotatable bonds is 8. The monoisotopic (exact) mass is 399 g/mol. The van der Waals surface area contributed by atoms with Crippen LogP contribution in [0.15, 0.2) is 24.3 Å². The largest absolute Gasteiger partial charge is 0.497 e. The lowest BCUT2D eigenvalue weighted by Crippen LogP contribution is -2.50. The fourth-order valence-electron chi connectivity index (χ4n) is 6.00. The molecule has 1 aliphatic heterocycles. The van der Waals surface area contributed by atoms with Gasteiger partial charge in [0.1, 0.15) is 5.75 Å². The van der Waals surface area contributed by atoms with Gasteiger partial charge in [0.25, 0.3) is 0 Å². The maximum atomic E-state index is 13.5. The zero-order valence-corrected chi connectivity index (χ0v) is 18.2. The SMILES string of the molecule is CCN1CCN(CCNC(=O)C2(Cc3cccc(OC)c3)CC3CCC2C3)CC1. The molecule has 3 fully saturated rings. The number of piperazine rings is 1. The fraction of sp³-hybridized carbons (Fsp3) is 0.708. The predicted molar refractivity (Wildman–Crippen MR) is 116 cm³/mol. The van der Waals surface area contributed by atoms with Crippen molar-refractivity contribution >= 4 is 5.91 Å². The fourth-order valence-corrected chi connectivity index (χ4v) is 6.00. The van der Waals surface area contributed by atoms with Crippen LogP contribution in [0.2, 0.25) is 0 Å². The van der Waals surface area contributed by atoms with Crippen LogP contribution in [0.25, 0.3) is 0 Å². The summed E-state index contributed by atoms with van der Waals surface area (Å²) in [5.41, 5.74) is 0.999. The number of nitrogens with zero attached hydrogens (tertiary/aromatic N) is 2. The Morgan fingerprint density at radius 1 is 1.21 bits per heavy atom. The quantitative estimate of drug-likeness (QED) is 0.730. The van der Waals surface area contributed by atoms with Crippen LogP contribution < -0.4 is 10.1 Å². The molecule has 160 valence electrons. The first-order valence-electron chi connectivity index (χ1n) is 11.5. The lowest BCUT2D eigenvalue weighted by molar-refractivity contribution is -0.134. The van der Waals surface area contributed by atoms with Gasteiger partial charge in [-0.25, -0.2) is 0 Å². The van der Waals surface area contributed by atoms with Crippen molar-refractivity contribution in [1.82, 2.24) is 15.1 Å². The highest BCUT2D eigenvalue weighted by molar-refractivity contribution is 5.84. The smallest absolute Gasteiger partial charge is 0.226 e. The number of nitrogens with one attached hydrogen (secondary N) is 1. The molecule has 2 saturated carbocycles. The van der Waals surface area contributed by atoms with E-state index >= 15 is 0 Å². The summed E-state index contributed by atoms with van der Waals surface area (Å²) < 4.78 is 5.41. The highest BCUT2D eigenvalue weighted by Crippen LogP contribution is 2.57. The number of carbonyl (C=O) groups is 1. The van der Waals surface area contributed by atoms with E-state index in [9.17, 15) is 4.79 Å². The average molecular weight is 400 g/mol. The Hall–Kier alpha value is -1.59. The van der Waals surface area contributed by atoms with Crippen LogP contribution in [0.3, 0.4) is 0 Å². The van der Waals surface area contributed by atoms with E-state index in [4.69, 9.17) is 4.74 Å². The molecule has 2 bridgehead atoms. The molecule has 2 aliphatic carbocycles. The molecular formula is C24H37N3O2. The van der Waals surface area contributed by atoms with Gasteiger partial charge < -0.3 is 15.0 Å². The molecule has 1 aromatic carbocycles. The first-order valence-corrected chi connectivity index (χ1v) is 11.5. The summed E-state index contributed by atoms with van der Waals surface area (Å²) in [4.78, 5) is 18.5. The molecule has 1 N–H and O–H groups in total. The maximum absolute atomic E-state index is 13.5. The summed E-state index contributed by atoms with van der Waals surface area (Å²) in [5.74, 6) is 2.44. The van der Waals surface area contributed by atoms with Crippen molar-refractivity contribution in [2.75, 3.05) is 52.9 Å². The normalized spacial score (nSPS) is 29.9. The number of hydrogen-bond donors (Lipinski definition) is 1. The van der Waals surface area contributed by atoms with Gasteiger partial charge in [0, 0.05) is 39.3 Å². The van der Waals surface area contributed by atoms with Gasteiger partial charge in [-0.3, -0.25) is 9.69 Å². The van der Waals surface area contributed by atoms with Crippen molar-refractivity contribution in [3.05, 3.63) is 29.8 Å². The summed E-state index contributed by atoms with van der Waals surface area (Å²) in [5, 5.41) is 3.35. The van der Waals surface area contributed by atoms with Gasteiger partial charge in [-0.05, 0) is 61.8 Å². The second kappa shape index (κ2) is 9.05. The molecule has 5 nitrogen and oxygen atoms in total. The van der Waals surface area contributed by atoms with E-state index in [1.165, 1.54) is 24.8 Å². The molecule has 1 aromatic rings. The Kier molecular flexibility index (Phi) is 6.45. The second-order valence-corrected chi connectivity index (χ2v) is 9.30. The molecule has 3 atom stereocenters. The number of methoxy groups -OCH3 is 1. The molecule has 1 saturated heterocycles. The molecule has 3 unspecified atom stereocenters.